The van der Waals surface area contributed by atoms with Gasteiger partial charge in [-0.1, -0.05) is 20.8 Å². The minimum Gasteiger partial charge on any atom is -0.490 e. The van der Waals surface area contributed by atoms with Crippen LogP contribution in [-0.2, 0) is 16.8 Å². The molecule has 0 aliphatic carbocycles. The summed E-state index contributed by atoms with van der Waals surface area (Å²) in [6, 6.07) is 5.07. The number of hydrogen-bond donors (Lipinski definition) is 2. The molecule has 2 aromatic rings. The normalized spacial score (nSPS) is 14.7. The van der Waals surface area contributed by atoms with Crippen LogP contribution in [0.3, 0.4) is 0 Å². The zero-order chi connectivity index (χ0) is 27.1. The summed E-state index contributed by atoms with van der Waals surface area (Å²) < 4.78 is 31.9. The van der Waals surface area contributed by atoms with Gasteiger partial charge in [-0.2, -0.15) is 0 Å². The van der Waals surface area contributed by atoms with E-state index in [4.69, 9.17) is 19.6 Å². The van der Waals surface area contributed by atoms with Crippen LogP contribution >= 0.6 is 0 Å². The maximum Gasteiger partial charge on any atom is 0.323 e. The average molecular weight is 514 g/mol. The van der Waals surface area contributed by atoms with Crippen LogP contribution in [0.25, 0.3) is 0 Å². The Morgan fingerprint density at radius 2 is 1.92 bits per heavy atom. The van der Waals surface area contributed by atoms with Gasteiger partial charge < -0.3 is 29.1 Å². The van der Waals surface area contributed by atoms with Gasteiger partial charge in [-0.05, 0) is 36.1 Å². The molecule has 2 aromatic carbocycles. The van der Waals surface area contributed by atoms with Crippen molar-refractivity contribution >= 4 is 23.3 Å². The molecule has 2 heterocycles. The third kappa shape index (κ3) is 4.92. The molecule has 0 spiro atoms. The first kappa shape index (κ1) is 26.2. The highest BCUT2D eigenvalue weighted by atomic mass is 19.1. The molecule has 0 saturated carbocycles. The van der Waals surface area contributed by atoms with Crippen molar-refractivity contribution in [1.82, 2.24) is 4.90 Å². The number of Topliss-reactive ketones (excluding diaryl/α,β-unsaturated/α-hetero) is 1. The lowest BCUT2D eigenvalue weighted by Crippen LogP contribution is -2.38. The maximum atomic E-state index is 15.2. The minimum atomic E-state index is -0.978. The minimum absolute atomic E-state index is 0.0680. The third-order valence-electron chi connectivity index (χ3n) is 6.50. The first-order valence-electron chi connectivity index (χ1n) is 12.1. The van der Waals surface area contributed by atoms with Gasteiger partial charge in [0.2, 0.25) is 0 Å². The van der Waals surface area contributed by atoms with Gasteiger partial charge in [-0.3, -0.25) is 15.0 Å². The fourth-order valence-electron chi connectivity index (χ4n) is 4.76. The fourth-order valence-corrected chi connectivity index (χ4v) is 4.76. The number of nitrogens with zero attached hydrogens (tertiary/aromatic N) is 2. The number of amidine groups is 1. The molecular formula is C27H32FN3O6. The van der Waals surface area contributed by atoms with E-state index < -0.39 is 11.8 Å². The third-order valence-corrected chi connectivity index (χ3v) is 6.50. The smallest absolute Gasteiger partial charge is 0.323 e. The standard InChI is InChI=1S/C27H32FN3O6/c1-6-36-20-11-16-12-31(26(29)22(16)23(28)25(20)35-5)13-19(32)15-9-17(27(2,3)4)24-18(10-15)30(7-8-37-24)14-21(33)34/h9-11,29H,6-8,12-14H2,1-5H3,(H,33,34). The summed E-state index contributed by atoms with van der Waals surface area (Å²) >= 11 is 0. The number of ether oxygens (including phenoxy) is 3. The molecule has 0 aromatic heterocycles. The predicted molar refractivity (Wildman–Crippen MR) is 136 cm³/mol. The number of fused-ring (bicyclic) bond motifs is 2. The van der Waals surface area contributed by atoms with Crippen LogP contribution in [0.5, 0.6) is 17.2 Å². The molecule has 0 radical (unpaired) electrons. The Balaban J connectivity index is 1.67. The van der Waals surface area contributed by atoms with E-state index in [-0.39, 0.29) is 53.7 Å². The molecule has 4 rings (SSSR count). The summed E-state index contributed by atoms with van der Waals surface area (Å²) in [4.78, 5) is 28.2. The van der Waals surface area contributed by atoms with Crippen molar-refractivity contribution in [3.63, 3.8) is 0 Å². The van der Waals surface area contributed by atoms with E-state index in [1.54, 1.807) is 30.0 Å². The van der Waals surface area contributed by atoms with Crippen molar-refractivity contribution in [2.75, 3.05) is 44.9 Å². The number of hydrogen-bond acceptors (Lipinski definition) is 7. The van der Waals surface area contributed by atoms with Crippen molar-refractivity contribution in [2.24, 2.45) is 0 Å². The quantitative estimate of drug-likeness (QED) is 0.512. The van der Waals surface area contributed by atoms with E-state index in [0.717, 1.165) is 5.56 Å². The molecule has 0 bridgehead atoms. The van der Waals surface area contributed by atoms with Gasteiger partial charge in [-0.15, -0.1) is 0 Å². The molecule has 10 heteroatoms. The van der Waals surface area contributed by atoms with E-state index in [1.807, 2.05) is 20.8 Å². The van der Waals surface area contributed by atoms with Crippen LogP contribution < -0.4 is 19.1 Å². The van der Waals surface area contributed by atoms with Crippen LogP contribution in [0, 0.1) is 11.2 Å². The first-order valence-corrected chi connectivity index (χ1v) is 12.1. The molecule has 198 valence electrons. The van der Waals surface area contributed by atoms with Gasteiger partial charge in [0.25, 0.3) is 0 Å². The number of ketones is 1. The number of benzene rings is 2. The van der Waals surface area contributed by atoms with Crippen LogP contribution in [0.4, 0.5) is 10.1 Å². The summed E-state index contributed by atoms with van der Waals surface area (Å²) in [5.74, 6) is -1.28. The Hall–Kier alpha value is -3.82. The lowest BCUT2D eigenvalue weighted by atomic mass is 9.84. The van der Waals surface area contributed by atoms with Crippen molar-refractivity contribution in [1.29, 1.82) is 5.41 Å². The lowest BCUT2D eigenvalue weighted by molar-refractivity contribution is -0.135. The van der Waals surface area contributed by atoms with Gasteiger partial charge in [-0.25, -0.2) is 4.39 Å². The average Bonchev–Trinajstić information content (AvgIpc) is 3.13. The van der Waals surface area contributed by atoms with E-state index in [1.165, 1.54) is 12.0 Å². The molecule has 0 amide bonds. The Morgan fingerprint density at radius 3 is 2.54 bits per heavy atom. The number of carboxylic acid groups (broad SMARTS) is 1. The van der Waals surface area contributed by atoms with Crippen molar-refractivity contribution in [2.45, 2.75) is 39.7 Å². The van der Waals surface area contributed by atoms with Crippen molar-refractivity contribution in [3.8, 4) is 17.2 Å². The van der Waals surface area contributed by atoms with Gasteiger partial charge in [0.15, 0.2) is 23.1 Å². The number of anilines is 1. The van der Waals surface area contributed by atoms with E-state index >= 15 is 4.39 Å². The molecule has 0 atom stereocenters. The lowest BCUT2D eigenvalue weighted by Gasteiger charge is -2.34. The van der Waals surface area contributed by atoms with Crippen LogP contribution in [0.2, 0.25) is 0 Å². The van der Waals surface area contributed by atoms with Gasteiger partial charge in [0, 0.05) is 17.7 Å². The largest absolute Gasteiger partial charge is 0.490 e. The summed E-state index contributed by atoms with van der Waals surface area (Å²) in [5, 5.41) is 18.0. The highest BCUT2D eigenvalue weighted by molar-refractivity contribution is 6.06. The number of carbonyl (C=O) groups is 2. The molecule has 37 heavy (non-hydrogen) atoms. The molecule has 9 nitrogen and oxygen atoms in total. The number of halogens is 1. The van der Waals surface area contributed by atoms with Gasteiger partial charge in [0.05, 0.1) is 38.1 Å². The number of carbonyl (C=O) groups excluding carboxylic acids is 1. The highest BCUT2D eigenvalue weighted by Crippen LogP contribution is 2.42. The summed E-state index contributed by atoms with van der Waals surface area (Å²) in [6.07, 6.45) is 0. The molecule has 2 N–H and O–H groups in total. The second-order valence-electron chi connectivity index (χ2n) is 10.1. The topological polar surface area (TPSA) is 112 Å². The summed E-state index contributed by atoms with van der Waals surface area (Å²) in [7, 11) is 1.34. The monoisotopic (exact) mass is 513 g/mol. The van der Waals surface area contributed by atoms with Crippen LogP contribution in [0.15, 0.2) is 18.2 Å². The van der Waals surface area contributed by atoms with Crippen LogP contribution in [-0.4, -0.2) is 67.6 Å². The second-order valence-corrected chi connectivity index (χ2v) is 10.1. The Labute approximate surface area is 215 Å². The predicted octanol–water partition coefficient (Wildman–Crippen LogP) is 3.84. The van der Waals surface area contributed by atoms with Crippen molar-refractivity contribution < 1.29 is 33.3 Å². The van der Waals surface area contributed by atoms with Gasteiger partial charge >= 0.3 is 5.97 Å². The molecule has 2 aliphatic rings. The first-order chi connectivity index (χ1) is 17.5. The molecule has 0 fully saturated rings. The van der Waals surface area contributed by atoms with E-state index in [0.29, 0.717) is 42.3 Å². The number of carboxylic acids is 1. The fraction of sp³-hybridized carbons (Fsp3) is 0.444. The Kier molecular flexibility index (Phi) is 7.03. The SMILES string of the molecule is CCOc1cc2c(c(F)c1OC)C(=N)N(CC(=O)c1cc3c(c(C(C)(C)C)c1)OCCN3CC(=O)O)C2. The number of methoxy groups -OCH3 is 1. The van der Waals surface area contributed by atoms with E-state index in [2.05, 4.69) is 0 Å². The maximum absolute atomic E-state index is 15.2. The van der Waals surface area contributed by atoms with Gasteiger partial charge in [0.1, 0.15) is 24.7 Å². The second kappa shape index (κ2) is 9.91. The molecule has 0 unspecified atom stereocenters. The number of aliphatic carboxylic acids is 1. The van der Waals surface area contributed by atoms with E-state index in [9.17, 15) is 14.7 Å². The number of rotatable bonds is 8. The summed E-state index contributed by atoms with van der Waals surface area (Å²) in [6.45, 7) is 8.63. The zero-order valence-electron chi connectivity index (χ0n) is 21.7. The zero-order valence-corrected chi connectivity index (χ0v) is 21.7. The number of nitrogens with one attached hydrogen (secondary N) is 1. The van der Waals surface area contributed by atoms with Crippen LogP contribution in [0.1, 0.15) is 54.7 Å². The van der Waals surface area contributed by atoms with Crippen molar-refractivity contribution in [3.05, 3.63) is 46.3 Å². The molecule has 0 saturated heterocycles. The summed E-state index contributed by atoms with van der Waals surface area (Å²) in [5.41, 5.74) is 1.98. The molecule has 2 aliphatic heterocycles. The highest BCUT2D eigenvalue weighted by Gasteiger charge is 2.34. The molecular weight excluding hydrogens is 481 g/mol. The Bertz CT molecular complexity index is 1270. The Morgan fingerprint density at radius 1 is 1.19 bits per heavy atom.